The van der Waals surface area contributed by atoms with E-state index in [1.165, 1.54) is 16.7 Å². The van der Waals surface area contributed by atoms with Gasteiger partial charge < -0.3 is 10.2 Å². The topological polar surface area (TPSA) is 40.5 Å². The van der Waals surface area contributed by atoms with Gasteiger partial charge in [0.25, 0.3) is 0 Å². The zero-order valence-electron chi connectivity index (χ0n) is 16.2. The standard InChI is InChI=1S/C25H27ClO2/c1-25-11-10-21-20-9-7-19(27)13-16(20)4-8-22(21)23(25)14-17(24(25)28)12-15-2-5-18(26)6-3-15/h2-3,5-7,9,12-13,21-24,27-28H,4,8,10-11,14H2,1H3. The van der Waals surface area contributed by atoms with E-state index in [9.17, 15) is 10.2 Å². The summed E-state index contributed by atoms with van der Waals surface area (Å²) in [6, 6.07) is 13.8. The molecule has 2 saturated carbocycles. The summed E-state index contributed by atoms with van der Waals surface area (Å²) >= 11 is 6.02. The first-order valence-corrected chi connectivity index (χ1v) is 10.8. The van der Waals surface area contributed by atoms with Gasteiger partial charge in [0, 0.05) is 10.4 Å². The lowest BCUT2D eigenvalue weighted by Crippen LogP contribution is -2.44. The molecule has 0 spiro atoms. The van der Waals surface area contributed by atoms with Crippen molar-refractivity contribution in [3.8, 4) is 5.75 Å². The number of phenolic OH excluding ortho intramolecular Hbond substituents is 1. The average Bonchev–Trinajstić information content (AvgIpc) is 2.94. The van der Waals surface area contributed by atoms with E-state index in [4.69, 9.17) is 11.6 Å². The average molecular weight is 395 g/mol. The fourth-order valence-corrected chi connectivity index (χ4v) is 6.47. The van der Waals surface area contributed by atoms with E-state index in [1.54, 1.807) is 0 Å². The molecule has 3 aliphatic rings. The highest BCUT2D eigenvalue weighted by atomic mass is 35.5. The molecule has 0 heterocycles. The minimum absolute atomic E-state index is 0.0339. The Morgan fingerprint density at radius 1 is 1.11 bits per heavy atom. The summed E-state index contributed by atoms with van der Waals surface area (Å²) in [6.45, 7) is 2.30. The van der Waals surface area contributed by atoms with Crippen molar-refractivity contribution in [1.82, 2.24) is 0 Å². The molecule has 0 aliphatic heterocycles. The maximum atomic E-state index is 11.3. The largest absolute Gasteiger partial charge is 0.508 e. The van der Waals surface area contributed by atoms with E-state index in [1.807, 2.05) is 36.4 Å². The van der Waals surface area contributed by atoms with Gasteiger partial charge in [0.05, 0.1) is 6.10 Å². The fraction of sp³-hybridized carbons (Fsp3) is 0.440. The smallest absolute Gasteiger partial charge is 0.115 e. The Kier molecular flexibility index (Phi) is 4.33. The number of phenols is 1. The molecule has 2 aromatic rings. The molecule has 5 atom stereocenters. The summed E-state index contributed by atoms with van der Waals surface area (Å²) in [7, 11) is 0. The zero-order valence-corrected chi connectivity index (χ0v) is 17.0. The van der Waals surface area contributed by atoms with Gasteiger partial charge in [-0.05, 0) is 96.4 Å². The molecule has 5 unspecified atom stereocenters. The van der Waals surface area contributed by atoms with Crippen molar-refractivity contribution in [2.24, 2.45) is 17.3 Å². The highest BCUT2D eigenvalue weighted by molar-refractivity contribution is 6.30. The van der Waals surface area contributed by atoms with Crippen molar-refractivity contribution in [1.29, 1.82) is 0 Å². The van der Waals surface area contributed by atoms with Crippen molar-refractivity contribution < 1.29 is 10.2 Å². The van der Waals surface area contributed by atoms with E-state index >= 15 is 0 Å². The van der Waals surface area contributed by atoms with E-state index in [-0.39, 0.29) is 11.5 Å². The van der Waals surface area contributed by atoms with Gasteiger partial charge in [-0.15, -0.1) is 0 Å². The van der Waals surface area contributed by atoms with Gasteiger partial charge in [-0.1, -0.05) is 42.8 Å². The monoisotopic (exact) mass is 394 g/mol. The lowest BCUT2D eigenvalue weighted by molar-refractivity contribution is -0.0158. The van der Waals surface area contributed by atoms with Gasteiger partial charge in [-0.3, -0.25) is 0 Å². The van der Waals surface area contributed by atoms with Crippen molar-refractivity contribution in [2.75, 3.05) is 0 Å². The van der Waals surface area contributed by atoms with Gasteiger partial charge in [-0.25, -0.2) is 0 Å². The Morgan fingerprint density at radius 2 is 1.89 bits per heavy atom. The molecule has 0 radical (unpaired) electrons. The molecule has 0 aromatic heterocycles. The molecule has 2 nitrogen and oxygen atoms in total. The third-order valence-electron chi connectivity index (χ3n) is 7.80. The van der Waals surface area contributed by atoms with Gasteiger partial charge in [0.2, 0.25) is 0 Å². The molecular formula is C25H27ClO2. The SMILES string of the molecule is CC12CCC3c4ccc(O)cc4CCC3C1CC(=Cc1ccc(Cl)cc1)C2O. The second-order valence-corrected chi connectivity index (χ2v) is 9.66. The van der Waals surface area contributed by atoms with Crippen LogP contribution >= 0.6 is 11.6 Å². The van der Waals surface area contributed by atoms with Gasteiger partial charge in [0.1, 0.15) is 5.75 Å². The normalized spacial score (nSPS) is 35.3. The minimum atomic E-state index is -0.365. The molecule has 2 N–H and O–H groups in total. The van der Waals surface area contributed by atoms with Crippen LogP contribution in [-0.2, 0) is 6.42 Å². The van der Waals surface area contributed by atoms with E-state index in [0.29, 0.717) is 23.5 Å². The van der Waals surface area contributed by atoms with Crippen molar-refractivity contribution >= 4 is 17.7 Å². The van der Waals surface area contributed by atoms with Crippen LogP contribution < -0.4 is 0 Å². The lowest BCUT2D eigenvalue weighted by Gasteiger charge is -2.49. The predicted molar refractivity (Wildman–Crippen MR) is 114 cm³/mol. The van der Waals surface area contributed by atoms with Crippen LogP contribution in [0.25, 0.3) is 6.08 Å². The molecular weight excluding hydrogens is 368 g/mol. The summed E-state index contributed by atoms with van der Waals surface area (Å²) in [5.74, 6) is 2.06. The Bertz CT molecular complexity index is 932. The molecule has 2 aromatic carbocycles. The number of rotatable bonds is 1. The number of hydrogen-bond donors (Lipinski definition) is 2. The number of benzene rings is 2. The number of aromatic hydroxyl groups is 1. The summed E-state index contributed by atoms with van der Waals surface area (Å²) in [5.41, 5.74) is 5.00. The highest BCUT2D eigenvalue weighted by Crippen LogP contribution is 2.62. The number of hydrogen-bond acceptors (Lipinski definition) is 2. The molecule has 0 bridgehead atoms. The highest BCUT2D eigenvalue weighted by Gasteiger charge is 2.56. The number of aliphatic hydroxyl groups excluding tert-OH is 1. The predicted octanol–water partition coefficient (Wildman–Crippen LogP) is 5.96. The van der Waals surface area contributed by atoms with Crippen LogP contribution in [0.15, 0.2) is 48.0 Å². The second-order valence-electron chi connectivity index (χ2n) is 9.22. The van der Waals surface area contributed by atoms with Crippen LogP contribution in [0.1, 0.15) is 55.2 Å². The third kappa shape index (κ3) is 2.81. The second kappa shape index (κ2) is 6.64. The first kappa shape index (κ1) is 18.3. The first-order valence-electron chi connectivity index (χ1n) is 10.4. The Labute approximate surface area is 171 Å². The van der Waals surface area contributed by atoms with Crippen molar-refractivity contribution in [3.63, 3.8) is 0 Å². The van der Waals surface area contributed by atoms with Crippen LogP contribution in [0, 0.1) is 17.3 Å². The van der Waals surface area contributed by atoms with Crippen LogP contribution in [-0.4, -0.2) is 16.3 Å². The number of fused-ring (bicyclic) bond motifs is 5. The molecule has 28 heavy (non-hydrogen) atoms. The summed E-state index contributed by atoms with van der Waals surface area (Å²) < 4.78 is 0. The molecule has 3 aliphatic carbocycles. The van der Waals surface area contributed by atoms with Gasteiger partial charge >= 0.3 is 0 Å². The van der Waals surface area contributed by atoms with Crippen LogP contribution in [0.2, 0.25) is 5.02 Å². The van der Waals surface area contributed by atoms with E-state index in [0.717, 1.165) is 42.7 Å². The zero-order chi connectivity index (χ0) is 19.5. The Morgan fingerprint density at radius 3 is 2.68 bits per heavy atom. The van der Waals surface area contributed by atoms with Crippen molar-refractivity contribution in [2.45, 2.75) is 51.0 Å². The molecule has 0 saturated heterocycles. The Balaban J connectivity index is 1.47. The molecule has 5 rings (SSSR count). The Hall–Kier alpha value is -1.77. The quantitative estimate of drug-likeness (QED) is 0.626. The number of aliphatic hydroxyl groups is 1. The summed E-state index contributed by atoms with van der Waals surface area (Å²) in [6.07, 6.45) is 7.16. The maximum absolute atomic E-state index is 11.3. The number of aryl methyl sites for hydroxylation is 1. The lowest BCUT2D eigenvalue weighted by atomic mass is 9.55. The molecule has 0 amide bonds. The summed E-state index contributed by atoms with van der Waals surface area (Å²) in [4.78, 5) is 0. The van der Waals surface area contributed by atoms with Crippen molar-refractivity contribution in [3.05, 3.63) is 69.8 Å². The van der Waals surface area contributed by atoms with Crippen LogP contribution in [0.3, 0.4) is 0 Å². The molecule has 146 valence electrons. The summed E-state index contributed by atoms with van der Waals surface area (Å²) in [5, 5.41) is 21.8. The third-order valence-corrected chi connectivity index (χ3v) is 8.05. The van der Waals surface area contributed by atoms with E-state index in [2.05, 4.69) is 19.1 Å². The molecule has 3 heteroatoms. The van der Waals surface area contributed by atoms with Crippen LogP contribution in [0.4, 0.5) is 0 Å². The van der Waals surface area contributed by atoms with Gasteiger partial charge in [0.15, 0.2) is 0 Å². The first-order chi connectivity index (χ1) is 13.5. The maximum Gasteiger partial charge on any atom is 0.115 e. The molecule has 2 fully saturated rings. The van der Waals surface area contributed by atoms with Crippen LogP contribution in [0.5, 0.6) is 5.75 Å². The number of halogens is 1. The van der Waals surface area contributed by atoms with Gasteiger partial charge in [-0.2, -0.15) is 0 Å². The minimum Gasteiger partial charge on any atom is -0.508 e. The van der Waals surface area contributed by atoms with E-state index < -0.39 is 0 Å². The fourth-order valence-electron chi connectivity index (χ4n) is 6.34.